The van der Waals surface area contributed by atoms with E-state index in [1.165, 1.54) is 4.31 Å². The van der Waals surface area contributed by atoms with Crippen molar-refractivity contribution in [1.29, 1.82) is 0 Å². The molecule has 1 amide bonds. The van der Waals surface area contributed by atoms with E-state index in [2.05, 4.69) is 5.32 Å². The molecular formula is C19H23ClN2O3S. The molecular weight excluding hydrogens is 372 g/mol. The quantitative estimate of drug-likeness (QED) is 0.748. The summed E-state index contributed by atoms with van der Waals surface area (Å²) in [6, 6.07) is 14.9. The standard InChI is InChI=1S/C19H23ClN2O3S/c1-15-7-9-16(10-8-15)13-19(23)21-11-12-22(26(2,24)25)14-17-5-3-4-6-18(17)20/h3-10H,11-14H2,1-2H3,(H,21,23). The number of benzene rings is 2. The van der Waals surface area contributed by atoms with E-state index in [1.807, 2.05) is 37.3 Å². The van der Waals surface area contributed by atoms with Gasteiger partial charge in [0.25, 0.3) is 0 Å². The minimum absolute atomic E-state index is 0.139. The minimum Gasteiger partial charge on any atom is -0.354 e. The number of rotatable bonds is 8. The average molecular weight is 395 g/mol. The van der Waals surface area contributed by atoms with E-state index in [-0.39, 0.29) is 32.0 Å². The number of aryl methyl sites for hydroxylation is 1. The number of carbonyl (C=O) groups is 1. The van der Waals surface area contributed by atoms with Gasteiger partial charge < -0.3 is 5.32 Å². The Bertz CT molecular complexity index is 851. The summed E-state index contributed by atoms with van der Waals surface area (Å²) >= 11 is 6.11. The van der Waals surface area contributed by atoms with Gasteiger partial charge in [-0.1, -0.05) is 59.6 Å². The fourth-order valence-electron chi connectivity index (χ4n) is 2.45. The van der Waals surface area contributed by atoms with Gasteiger partial charge in [-0.25, -0.2) is 8.42 Å². The summed E-state index contributed by atoms with van der Waals surface area (Å²) in [5.74, 6) is -0.139. The van der Waals surface area contributed by atoms with E-state index < -0.39 is 10.0 Å². The zero-order valence-electron chi connectivity index (χ0n) is 14.9. The molecule has 2 rings (SSSR count). The molecule has 2 aromatic rings. The number of nitrogens with one attached hydrogen (secondary N) is 1. The smallest absolute Gasteiger partial charge is 0.224 e. The highest BCUT2D eigenvalue weighted by Crippen LogP contribution is 2.18. The Balaban J connectivity index is 1.90. The predicted octanol–water partition coefficient (Wildman–Crippen LogP) is 2.77. The lowest BCUT2D eigenvalue weighted by molar-refractivity contribution is -0.120. The summed E-state index contributed by atoms with van der Waals surface area (Å²) < 4.78 is 25.3. The summed E-state index contributed by atoms with van der Waals surface area (Å²) in [5.41, 5.74) is 2.78. The van der Waals surface area contributed by atoms with Crippen LogP contribution in [0.3, 0.4) is 0 Å². The summed E-state index contributed by atoms with van der Waals surface area (Å²) in [5, 5.41) is 3.29. The molecule has 2 aromatic carbocycles. The highest BCUT2D eigenvalue weighted by molar-refractivity contribution is 7.88. The zero-order chi connectivity index (χ0) is 19.2. The lowest BCUT2D eigenvalue weighted by Crippen LogP contribution is -2.38. The first-order chi connectivity index (χ1) is 12.3. The minimum atomic E-state index is -3.42. The number of halogens is 1. The third-order valence-electron chi connectivity index (χ3n) is 3.94. The summed E-state index contributed by atoms with van der Waals surface area (Å²) in [4.78, 5) is 12.0. The van der Waals surface area contributed by atoms with Crippen LogP contribution in [0.5, 0.6) is 0 Å². The van der Waals surface area contributed by atoms with Crippen LogP contribution in [0.1, 0.15) is 16.7 Å². The topological polar surface area (TPSA) is 66.5 Å². The average Bonchev–Trinajstić information content (AvgIpc) is 2.57. The molecule has 0 atom stereocenters. The lowest BCUT2D eigenvalue weighted by atomic mass is 10.1. The van der Waals surface area contributed by atoms with Crippen LogP contribution in [0.15, 0.2) is 48.5 Å². The first-order valence-corrected chi connectivity index (χ1v) is 10.5. The predicted molar refractivity (Wildman–Crippen MR) is 105 cm³/mol. The van der Waals surface area contributed by atoms with Crippen molar-refractivity contribution >= 4 is 27.5 Å². The molecule has 0 saturated carbocycles. The maximum atomic E-state index is 12.0. The van der Waals surface area contributed by atoms with Gasteiger partial charge in [-0.3, -0.25) is 4.79 Å². The normalized spacial score (nSPS) is 11.5. The third-order valence-corrected chi connectivity index (χ3v) is 5.56. The fraction of sp³-hybridized carbons (Fsp3) is 0.316. The van der Waals surface area contributed by atoms with Crippen LogP contribution in [0.2, 0.25) is 5.02 Å². The maximum Gasteiger partial charge on any atom is 0.224 e. The summed E-state index contributed by atoms with van der Waals surface area (Å²) in [6.07, 6.45) is 1.42. The number of hydrogen-bond acceptors (Lipinski definition) is 3. The molecule has 0 unspecified atom stereocenters. The SMILES string of the molecule is Cc1ccc(CC(=O)NCCN(Cc2ccccc2Cl)S(C)(=O)=O)cc1. The molecule has 0 aliphatic carbocycles. The molecule has 0 radical (unpaired) electrons. The van der Waals surface area contributed by atoms with E-state index in [9.17, 15) is 13.2 Å². The van der Waals surface area contributed by atoms with Crippen LogP contribution < -0.4 is 5.32 Å². The van der Waals surface area contributed by atoms with Gasteiger partial charge in [0.15, 0.2) is 0 Å². The van der Waals surface area contributed by atoms with Gasteiger partial charge in [-0.15, -0.1) is 0 Å². The molecule has 0 spiro atoms. The van der Waals surface area contributed by atoms with Gasteiger partial charge in [-0.2, -0.15) is 4.31 Å². The second-order valence-corrected chi connectivity index (χ2v) is 8.59. The molecule has 0 fully saturated rings. The van der Waals surface area contributed by atoms with Crippen molar-refractivity contribution in [1.82, 2.24) is 9.62 Å². The molecule has 0 aliphatic rings. The maximum absolute atomic E-state index is 12.0. The van der Waals surface area contributed by atoms with E-state index in [0.29, 0.717) is 5.02 Å². The monoisotopic (exact) mass is 394 g/mol. The van der Waals surface area contributed by atoms with E-state index >= 15 is 0 Å². The van der Waals surface area contributed by atoms with Gasteiger partial charge in [0.05, 0.1) is 12.7 Å². The molecule has 5 nitrogen and oxygen atoms in total. The largest absolute Gasteiger partial charge is 0.354 e. The van der Waals surface area contributed by atoms with Crippen LogP contribution in [0.25, 0.3) is 0 Å². The molecule has 0 bridgehead atoms. The van der Waals surface area contributed by atoms with E-state index in [1.54, 1.807) is 18.2 Å². The van der Waals surface area contributed by atoms with Crippen molar-refractivity contribution in [2.75, 3.05) is 19.3 Å². The van der Waals surface area contributed by atoms with Gasteiger partial charge in [0, 0.05) is 24.7 Å². The second kappa shape index (κ2) is 9.16. The van der Waals surface area contributed by atoms with Gasteiger partial charge >= 0.3 is 0 Å². The summed E-state index contributed by atoms with van der Waals surface area (Å²) in [7, 11) is -3.42. The van der Waals surface area contributed by atoms with Crippen molar-refractivity contribution in [2.24, 2.45) is 0 Å². The van der Waals surface area contributed by atoms with E-state index in [0.717, 1.165) is 22.9 Å². The Morgan fingerprint density at radius 2 is 1.77 bits per heavy atom. The highest BCUT2D eigenvalue weighted by Gasteiger charge is 2.18. The first kappa shape index (κ1) is 20.4. The Morgan fingerprint density at radius 3 is 2.38 bits per heavy atom. The van der Waals surface area contributed by atoms with E-state index in [4.69, 9.17) is 11.6 Å². The summed E-state index contributed by atoms with van der Waals surface area (Å²) in [6.45, 7) is 2.58. The van der Waals surface area contributed by atoms with Crippen molar-refractivity contribution in [3.63, 3.8) is 0 Å². The Morgan fingerprint density at radius 1 is 1.12 bits per heavy atom. The van der Waals surface area contributed by atoms with Crippen molar-refractivity contribution in [3.05, 3.63) is 70.2 Å². The van der Waals surface area contributed by atoms with Crippen LogP contribution in [-0.4, -0.2) is 38.0 Å². The number of amides is 1. The highest BCUT2D eigenvalue weighted by atomic mass is 35.5. The molecule has 0 saturated heterocycles. The molecule has 0 aliphatic heterocycles. The van der Waals surface area contributed by atoms with Gasteiger partial charge in [0.2, 0.25) is 15.9 Å². The number of hydrogen-bond donors (Lipinski definition) is 1. The Kier molecular flexibility index (Phi) is 7.20. The molecule has 0 heterocycles. The third kappa shape index (κ3) is 6.44. The molecule has 1 N–H and O–H groups in total. The second-order valence-electron chi connectivity index (χ2n) is 6.20. The number of carbonyl (C=O) groups excluding carboxylic acids is 1. The Labute approximate surface area is 160 Å². The molecule has 0 aromatic heterocycles. The zero-order valence-corrected chi connectivity index (χ0v) is 16.5. The lowest BCUT2D eigenvalue weighted by Gasteiger charge is -2.20. The first-order valence-electron chi connectivity index (χ1n) is 8.26. The van der Waals surface area contributed by atoms with Gasteiger partial charge in [-0.05, 0) is 24.1 Å². The van der Waals surface area contributed by atoms with Crippen molar-refractivity contribution < 1.29 is 13.2 Å². The molecule has 140 valence electrons. The van der Waals surface area contributed by atoms with Crippen LogP contribution >= 0.6 is 11.6 Å². The fourth-order valence-corrected chi connectivity index (χ4v) is 3.44. The van der Waals surface area contributed by atoms with Crippen LogP contribution in [0, 0.1) is 6.92 Å². The van der Waals surface area contributed by atoms with Gasteiger partial charge in [0.1, 0.15) is 0 Å². The number of sulfonamides is 1. The van der Waals surface area contributed by atoms with Crippen molar-refractivity contribution in [2.45, 2.75) is 19.9 Å². The molecule has 26 heavy (non-hydrogen) atoms. The van der Waals surface area contributed by atoms with Crippen LogP contribution in [-0.2, 0) is 27.8 Å². The molecule has 7 heteroatoms. The Hall–Kier alpha value is -1.89. The number of nitrogens with zero attached hydrogens (tertiary/aromatic N) is 1. The van der Waals surface area contributed by atoms with Crippen molar-refractivity contribution in [3.8, 4) is 0 Å². The van der Waals surface area contributed by atoms with Crippen LogP contribution in [0.4, 0.5) is 0 Å².